The fourth-order valence-corrected chi connectivity index (χ4v) is 8.08. The predicted octanol–water partition coefficient (Wildman–Crippen LogP) is 7.15. The molecule has 4 heterocycles. The zero-order chi connectivity index (χ0) is 33.0. The van der Waals surface area contributed by atoms with Crippen LogP contribution in [0.3, 0.4) is 0 Å². The quantitative estimate of drug-likeness (QED) is 0.182. The molecule has 0 spiro atoms. The summed E-state index contributed by atoms with van der Waals surface area (Å²) >= 11 is 7.38. The average Bonchev–Trinajstić information content (AvgIpc) is 3.84. The lowest BCUT2D eigenvalue weighted by Crippen LogP contribution is -2.31. The molecule has 0 saturated carbocycles. The minimum absolute atomic E-state index is 0.0278. The zero-order valence-corrected chi connectivity index (χ0v) is 27.8. The number of carboxylic acids is 1. The Bertz CT molecular complexity index is 2110. The van der Waals surface area contributed by atoms with E-state index in [2.05, 4.69) is 43.0 Å². The van der Waals surface area contributed by atoms with E-state index in [1.807, 2.05) is 30.3 Å². The summed E-state index contributed by atoms with van der Waals surface area (Å²) in [5, 5.41) is 20.5. The number of rotatable bonds is 7. The number of amides is 1. The van der Waals surface area contributed by atoms with Gasteiger partial charge < -0.3 is 14.4 Å². The molecule has 238 valence electrons. The van der Waals surface area contributed by atoms with Gasteiger partial charge in [-0.1, -0.05) is 30.3 Å². The largest absolute Gasteiger partial charge is 0.481 e. The number of thiazole rings is 1. The number of carboxylic acid groups (broad SMARTS) is 1. The fourth-order valence-electron chi connectivity index (χ4n) is 6.74. The van der Waals surface area contributed by atoms with Gasteiger partial charge in [0.15, 0.2) is 5.58 Å². The molecule has 2 aromatic heterocycles. The van der Waals surface area contributed by atoms with Gasteiger partial charge in [0.05, 0.1) is 29.8 Å². The number of carbonyl (C=O) groups excluding carboxylic acids is 1. The average molecular weight is 666 g/mol. The number of aromatic nitrogens is 2. The number of oxazole rings is 1. The van der Waals surface area contributed by atoms with Crippen LogP contribution in [0.2, 0.25) is 0 Å². The normalized spacial score (nSPS) is 17.7. The second-order valence-corrected chi connectivity index (χ2v) is 14.0. The van der Waals surface area contributed by atoms with Crippen LogP contribution in [-0.4, -0.2) is 55.7 Å². The molecule has 3 aromatic carbocycles. The Hall–Kier alpha value is -4.56. The Labute approximate surface area is 281 Å². The topological polar surface area (TPSA) is 124 Å². The highest BCUT2D eigenvalue weighted by atomic mass is 35.5. The molecule has 1 atom stereocenters. The van der Waals surface area contributed by atoms with E-state index in [9.17, 15) is 20.0 Å². The van der Waals surface area contributed by atoms with Crippen LogP contribution in [0.15, 0.2) is 52.9 Å². The Morgan fingerprint density at radius 3 is 2.43 bits per heavy atom. The highest BCUT2D eigenvalue weighted by Crippen LogP contribution is 2.40. The summed E-state index contributed by atoms with van der Waals surface area (Å²) in [7, 11) is 0. The molecule has 1 amide bonds. The molecule has 0 radical (unpaired) electrons. The van der Waals surface area contributed by atoms with Gasteiger partial charge in [0, 0.05) is 29.1 Å². The third-order valence-corrected chi connectivity index (χ3v) is 10.8. The molecule has 0 aliphatic carbocycles. The number of benzene rings is 3. The second-order valence-electron chi connectivity index (χ2n) is 12.7. The first kappa shape index (κ1) is 31.1. The zero-order valence-electron chi connectivity index (χ0n) is 26.3. The van der Waals surface area contributed by atoms with Crippen molar-refractivity contribution in [1.29, 1.82) is 5.26 Å². The monoisotopic (exact) mass is 665 g/mol. The van der Waals surface area contributed by atoms with Gasteiger partial charge >= 0.3 is 5.97 Å². The molecule has 1 N–H and O–H groups in total. The second kappa shape index (κ2) is 11.9. The number of hydrogen-bond acceptors (Lipinski definition) is 8. The standard InChI is InChI=1S/C36H32ClN5O4S/c1-20-24(25-7-5-9-27(21(25)2)34-40-29-17-42(31(43)14-37)18-30(29)47-34)6-4-8-26(20)33-39-28-13-22(12-23(15-38)32(28)46-33)16-41-11-10-36(3,19-41)35(44)45/h4-9,12-13H,10-11,14,16-19H2,1-3H3,(H,44,45)/t36-/m1/s1. The lowest BCUT2D eigenvalue weighted by molar-refractivity contribution is -0.147. The third kappa shape index (κ3) is 5.48. The highest BCUT2D eigenvalue weighted by molar-refractivity contribution is 7.15. The number of hydrogen-bond donors (Lipinski definition) is 1. The summed E-state index contributed by atoms with van der Waals surface area (Å²) in [5.74, 6) is -0.454. The van der Waals surface area contributed by atoms with Crippen molar-refractivity contribution in [3.05, 3.63) is 81.4 Å². The van der Waals surface area contributed by atoms with Crippen molar-refractivity contribution in [2.45, 2.75) is 46.8 Å². The van der Waals surface area contributed by atoms with E-state index in [-0.39, 0.29) is 11.8 Å². The molecule has 2 aliphatic rings. The molecule has 1 fully saturated rings. The van der Waals surface area contributed by atoms with E-state index < -0.39 is 11.4 Å². The van der Waals surface area contributed by atoms with E-state index in [0.29, 0.717) is 61.7 Å². The summed E-state index contributed by atoms with van der Waals surface area (Å²) in [5.41, 5.74) is 8.61. The lowest BCUT2D eigenvalue weighted by Gasteiger charge is -2.20. The van der Waals surface area contributed by atoms with Crippen molar-refractivity contribution in [2.24, 2.45) is 5.41 Å². The number of likely N-dealkylation sites (tertiary alicyclic amines) is 1. The smallest absolute Gasteiger partial charge is 0.310 e. The summed E-state index contributed by atoms with van der Waals surface area (Å²) in [6.45, 7) is 8.63. The first-order chi connectivity index (χ1) is 22.6. The lowest BCUT2D eigenvalue weighted by atomic mass is 9.90. The number of aliphatic carboxylic acids is 1. The molecule has 0 bridgehead atoms. The van der Waals surface area contributed by atoms with Crippen molar-refractivity contribution in [1.82, 2.24) is 19.8 Å². The molecule has 5 aromatic rings. The van der Waals surface area contributed by atoms with Crippen molar-refractivity contribution in [3.8, 4) is 39.2 Å². The molecule has 9 nitrogen and oxygen atoms in total. The molecule has 0 unspecified atom stereocenters. The summed E-state index contributed by atoms with van der Waals surface area (Å²) < 4.78 is 6.26. The summed E-state index contributed by atoms with van der Waals surface area (Å²) in [6.07, 6.45) is 0.587. The fraction of sp³-hybridized carbons (Fsp3) is 0.306. The predicted molar refractivity (Wildman–Crippen MR) is 181 cm³/mol. The van der Waals surface area contributed by atoms with Crippen molar-refractivity contribution < 1.29 is 19.1 Å². The van der Waals surface area contributed by atoms with Crippen LogP contribution in [-0.2, 0) is 29.2 Å². The van der Waals surface area contributed by atoms with Crippen LogP contribution in [0.4, 0.5) is 0 Å². The number of fused-ring (bicyclic) bond motifs is 2. The van der Waals surface area contributed by atoms with Gasteiger partial charge in [0.25, 0.3) is 0 Å². The number of alkyl halides is 1. The van der Waals surface area contributed by atoms with Crippen LogP contribution >= 0.6 is 22.9 Å². The minimum Gasteiger partial charge on any atom is -0.481 e. The van der Waals surface area contributed by atoms with Gasteiger partial charge in [-0.15, -0.1) is 22.9 Å². The van der Waals surface area contributed by atoms with Gasteiger partial charge in [0.1, 0.15) is 22.5 Å². The van der Waals surface area contributed by atoms with Gasteiger partial charge in [-0.05, 0) is 79.8 Å². The Kier molecular flexibility index (Phi) is 7.87. The van der Waals surface area contributed by atoms with Crippen LogP contribution in [0.1, 0.15) is 46.2 Å². The Morgan fingerprint density at radius 2 is 1.77 bits per heavy atom. The van der Waals surface area contributed by atoms with E-state index in [1.165, 1.54) is 0 Å². The highest BCUT2D eigenvalue weighted by Gasteiger charge is 2.40. The van der Waals surface area contributed by atoms with Crippen molar-refractivity contribution in [3.63, 3.8) is 0 Å². The van der Waals surface area contributed by atoms with Crippen LogP contribution in [0.5, 0.6) is 0 Å². The maximum atomic E-state index is 12.1. The van der Waals surface area contributed by atoms with Crippen LogP contribution < -0.4 is 0 Å². The molecular weight excluding hydrogens is 634 g/mol. The van der Waals surface area contributed by atoms with E-state index in [1.54, 1.807) is 23.2 Å². The summed E-state index contributed by atoms with van der Waals surface area (Å²) in [6, 6.07) is 18.3. The van der Waals surface area contributed by atoms with E-state index in [4.69, 9.17) is 26.0 Å². The Morgan fingerprint density at radius 1 is 1.06 bits per heavy atom. The maximum absolute atomic E-state index is 12.1. The first-order valence-corrected chi connectivity index (χ1v) is 16.8. The maximum Gasteiger partial charge on any atom is 0.310 e. The molecule has 11 heteroatoms. The first-order valence-electron chi connectivity index (χ1n) is 15.4. The van der Waals surface area contributed by atoms with Crippen molar-refractivity contribution in [2.75, 3.05) is 19.0 Å². The minimum atomic E-state index is -0.783. The molecule has 2 aliphatic heterocycles. The van der Waals surface area contributed by atoms with Crippen LogP contribution in [0, 0.1) is 30.6 Å². The molecule has 1 saturated heterocycles. The van der Waals surface area contributed by atoms with Gasteiger partial charge in [0.2, 0.25) is 11.8 Å². The SMILES string of the molecule is Cc1c(-c2nc3cc(CN4CC[C@@](C)(C(=O)O)C4)cc(C#N)c3o2)cccc1-c1cccc(-c2nc3c(s2)CN(C(=O)CCl)C3)c1C. The number of nitriles is 1. The van der Waals surface area contributed by atoms with Crippen molar-refractivity contribution >= 4 is 45.9 Å². The van der Waals surface area contributed by atoms with E-state index >= 15 is 0 Å². The van der Waals surface area contributed by atoms with E-state index in [0.717, 1.165) is 54.5 Å². The van der Waals surface area contributed by atoms with Gasteiger partial charge in [-0.3, -0.25) is 14.5 Å². The van der Waals surface area contributed by atoms with Gasteiger partial charge in [-0.2, -0.15) is 5.26 Å². The Balaban J connectivity index is 1.19. The number of carbonyl (C=O) groups is 2. The third-order valence-electron chi connectivity index (χ3n) is 9.48. The van der Waals surface area contributed by atoms with Crippen LogP contribution in [0.25, 0.3) is 44.3 Å². The van der Waals surface area contributed by atoms with Gasteiger partial charge in [-0.25, -0.2) is 9.97 Å². The molecular formula is C36H32ClN5O4S. The molecule has 7 rings (SSSR count). The molecule has 47 heavy (non-hydrogen) atoms. The number of halogens is 1. The number of nitrogens with zero attached hydrogens (tertiary/aromatic N) is 5. The summed E-state index contributed by atoms with van der Waals surface area (Å²) in [4.78, 5) is 38.5.